The van der Waals surface area contributed by atoms with E-state index in [0.717, 1.165) is 17.0 Å². The average Bonchev–Trinajstić information content (AvgIpc) is 2.45. The normalized spacial score (nSPS) is 10.8. The zero-order chi connectivity index (χ0) is 16.1. The van der Waals surface area contributed by atoms with Gasteiger partial charge in [-0.3, -0.25) is 0 Å². The van der Waals surface area contributed by atoms with Gasteiger partial charge in [0.2, 0.25) is 5.95 Å². The third-order valence-electron chi connectivity index (χ3n) is 2.82. The van der Waals surface area contributed by atoms with Gasteiger partial charge in [0.15, 0.2) is 11.5 Å². The number of hydrogen-bond acceptors (Lipinski definition) is 6. The van der Waals surface area contributed by atoms with Crippen LogP contribution in [0, 0.1) is 13.8 Å². The fourth-order valence-electron chi connectivity index (χ4n) is 1.95. The van der Waals surface area contributed by atoms with Gasteiger partial charge in [-0.2, -0.15) is 5.10 Å². The number of aryl methyl sites for hydroxylation is 2. The highest BCUT2D eigenvalue weighted by molar-refractivity contribution is 6.32. The maximum atomic E-state index is 6.14. The van der Waals surface area contributed by atoms with Gasteiger partial charge in [0.25, 0.3) is 0 Å². The van der Waals surface area contributed by atoms with Crippen LogP contribution in [-0.4, -0.2) is 30.4 Å². The van der Waals surface area contributed by atoms with Crippen LogP contribution in [0.4, 0.5) is 5.95 Å². The molecule has 0 aliphatic heterocycles. The summed E-state index contributed by atoms with van der Waals surface area (Å²) in [6.07, 6.45) is 1.61. The standard InChI is InChI=1S/C15H17ClN4O2/c1-9-5-10(2)19-15(18-9)20-17-8-11-6-12(16)14(22-4)13(7-11)21-3/h5-8H,1-4H3,(H,18,19,20)/b17-8-. The van der Waals surface area contributed by atoms with Gasteiger partial charge in [0.05, 0.1) is 25.5 Å². The minimum atomic E-state index is 0.445. The molecule has 0 saturated heterocycles. The van der Waals surface area contributed by atoms with Crippen LogP contribution in [0.2, 0.25) is 5.02 Å². The molecule has 1 aromatic heterocycles. The minimum Gasteiger partial charge on any atom is -0.493 e. The number of nitrogens with zero attached hydrogens (tertiary/aromatic N) is 3. The maximum absolute atomic E-state index is 6.14. The summed E-state index contributed by atoms with van der Waals surface area (Å²) in [6, 6.07) is 5.40. The Hall–Kier alpha value is -2.34. The third kappa shape index (κ3) is 3.85. The van der Waals surface area contributed by atoms with E-state index in [-0.39, 0.29) is 0 Å². The van der Waals surface area contributed by atoms with Crippen molar-refractivity contribution in [2.24, 2.45) is 5.10 Å². The second-order valence-electron chi connectivity index (χ2n) is 4.58. The zero-order valence-corrected chi connectivity index (χ0v) is 13.6. The van der Waals surface area contributed by atoms with Crippen molar-refractivity contribution in [2.45, 2.75) is 13.8 Å². The summed E-state index contributed by atoms with van der Waals surface area (Å²) >= 11 is 6.14. The predicted molar refractivity (Wildman–Crippen MR) is 87.3 cm³/mol. The van der Waals surface area contributed by atoms with Gasteiger partial charge in [-0.1, -0.05) is 11.6 Å². The van der Waals surface area contributed by atoms with Crippen LogP contribution in [0.25, 0.3) is 0 Å². The number of rotatable bonds is 5. The second-order valence-corrected chi connectivity index (χ2v) is 4.99. The van der Waals surface area contributed by atoms with Crippen molar-refractivity contribution in [3.05, 3.63) is 40.2 Å². The van der Waals surface area contributed by atoms with Crippen LogP contribution in [0.15, 0.2) is 23.3 Å². The van der Waals surface area contributed by atoms with Crippen molar-refractivity contribution in [3.63, 3.8) is 0 Å². The molecule has 1 aromatic carbocycles. The molecule has 0 fully saturated rings. The van der Waals surface area contributed by atoms with Gasteiger partial charge in [0, 0.05) is 11.4 Å². The Kier molecular flexibility index (Phi) is 5.16. The van der Waals surface area contributed by atoms with E-state index in [1.54, 1.807) is 25.5 Å². The highest BCUT2D eigenvalue weighted by Gasteiger charge is 2.09. The molecule has 0 radical (unpaired) electrons. The summed E-state index contributed by atoms with van der Waals surface area (Å²) in [5, 5.41) is 4.56. The molecule has 0 aliphatic carbocycles. The Morgan fingerprint density at radius 1 is 1.09 bits per heavy atom. The topological polar surface area (TPSA) is 68.6 Å². The molecular formula is C15H17ClN4O2. The minimum absolute atomic E-state index is 0.445. The van der Waals surface area contributed by atoms with Crippen LogP contribution >= 0.6 is 11.6 Å². The van der Waals surface area contributed by atoms with Crippen molar-refractivity contribution in [2.75, 3.05) is 19.6 Å². The summed E-state index contributed by atoms with van der Waals surface area (Å²) in [6.45, 7) is 3.80. The number of methoxy groups -OCH3 is 2. The number of hydrogen-bond donors (Lipinski definition) is 1. The highest BCUT2D eigenvalue weighted by Crippen LogP contribution is 2.35. The first-order valence-electron chi connectivity index (χ1n) is 6.56. The summed E-state index contributed by atoms with van der Waals surface area (Å²) in [5.41, 5.74) is 5.30. The summed E-state index contributed by atoms with van der Waals surface area (Å²) in [4.78, 5) is 8.47. The molecule has 6 nitrogen and oxygen atoms in total. The fraction of sp³-hybridized carbons (Fsp3) is 0.267. The van der Waals surface area contributed by atoms with Crippen molar-refractivity contribution in [3.8, 4) is 11.5 Å². The lowest BCUT2D eigenvalue weighted by molar-refractivity contribution is 0.355. The lowest BCUT2D eigenvalue weighted by atomic mass is 10.2. The molecule has 2 aromatic rings. The highest BCUT2D eigenvalue weighted by atomic mass is 35.5. The predicted octanol–water partition coefficient (Wildman–Crippen LogP) is 3.21. The van der Waals surface area contributed by atoms with Crippen molar-refractivity contribution >= 4 is 23.8 Å². The van der Waals surface area contributed by atoms with E-state index in [2.05, 4.69) is 20.5 Å². The van der Waals surface area contributed by atoms with E-state index in [1.165, 1.54) is 7.11 Å². The molecule has 0 bridgehead atoms. The first kappa shape index (κ1) is 16.0. The van der Waals surface area contributed by atoms with E-state index < -0.39 is 0 Å². The molecule has 1 heterocycles. The maximum Gasteiger partial charge on any atom is 0.243 e. The Bertz CT molecular complexity index is 684. The summed E-state index contributed by atoms with van der Waals surface area (Å²) in [7, 11) is 3.09. The molecule has 0 atom stereocenters. The number of nitrogens with one attached hydrogen (secondary N) is 1. The first-order chi connectivity index (χ1) is 10.5. The number of ether oxygens (including phenoxy) is 2. The molecule has 116 valence electrons. The second kappa shape index (κ2) is 7.09. The van der Waals surface area contributed by atoms with Crippen LogP contribution in [0.5, 0.6) is 11.5 Å². The summed E-state index contributed by atoms with van der Waals surface area (Å²) in [5.74, 6) is 1.48. The van der Waals surface area contributed by atoms with Crippen molar-refractivity contribution in [1.29, 1.82) is 0 Å². The third-order valence-corrected chi connectivity index (χ3v) is 3.10. The van der Waals surface area contributed by atoms with Crippen LogP contribution in [-0.2, 0) is 0 Å². The quantitative estimate of drug-likeness (QED) is 0.676. The van der Waals surface area contributed by atoms with E-state index in [4.69, 9.17) is 21.1 Å². The van der Waals surface area contributed by atoms with E-state index in [9.17, 15) is 0 Å². The van der Waals surface area contributed by atoms with Crippen molar-refractivity contribution < 1.29 is 9.47 Å². The summed E-state index contributed by atoms with van der Waals surface area (Å²) < 4.78 is 10.4. The van der Waals surface area contributed by atoms with Gasteiger partial charge in [-0.25, -0.2) is 15.4 Å². The van der Waals surface area contributed by atoms with Gasteiger partial charge < -0.3 is 9.47 Å². The van der Waals surface area contributed by atoms with Gasteiger partial charge in [-0.05, 0) is 37.6 Å². The largest absolute Gasteiger partial charge is 0.493 e. The monoisotopic (exact) mass is 320 g/mol. The van der Waals surface area contributed by atoms with Crippen molar-refractivity contribution in [1.82, 2.24) is 9.97 Å². The lowest BCUT2D eigenvalue weighted by Gasteiger charge is -2.09. The molecule has 0 aliphatic rings. The SMILES string of the molecule is COc1cc(/C=N\Nc2nc(C)cc(C)n2)cc(Cl)c1OC. The molecule has 0 spiro atoms. The number of anilines is 1. The van der Waals surface area contributed by atoms with Crippen LogP contribution in [0.3, 0.4) is 0 Å². The average molecular weight is 321 g/mol. The molecule has 0 unspecified atom stereocenters. The number of benzene rings is 1. The Labute approximate surface area is 134 Å². The first-order valence-corrected chi connectivity index (χ1v) is 6.94. The Morgan fingerprint density at radius 2 is 1.77 bits per heavy atom. The smallest absolute Gasteiger partial charge is 0.243 e. The number of halogens is 1. The molecule has 2 rings (SSSR count). The molecule has 0 amide bonds. The van der Waals surface area contributed by atoms with Crippen LogP contribution < -0.4 is 14.9 Å². The molecule has 0 saturated carbocycles. The Morgan fingerprint density at radius 3 is 2.36 bits per heavy atom. The number of aromatic nitrogens is 2. The molecule has 7 heteroatoms. The number of hydrazone groups is 1. The molecule has 1 N–H and O–H groups in total. The zero-order valence-electron chi connectivity index (χ0n) is 12.8. The molecule has 22 heavy (non-hydrogen) atoms. The van der Waals surface area contributed by atoms with E-state index in [0.29, 0.717) is 22.5 Å². The van der Waals surface area contributed by atoms with Gasteiger partial charge in [0.1, 0.15) is 0 Å². The Balaban J connectivity index is 2.18. The van der Waals surface area contributed by atoms with Crippen LogP contribution in [0.1, 0.15) is 17.0 Å². The van der Waals surface area contributed by atoms with Gasteiger partial charge >= 0.3 is 0 Å². The fourth-order valence-corrected chi connectivity index (χ4v) is 2.25. The van der Waals surface area contributed by atoms with E-state index >= 15 is 0 Å². The van der Waals surface area contributed by atoms with Gasteiger partial charge in [-0.15, -0.1) is 0 Å². The van der Waals surface area contributed by atoms with E-state index in [1.807, 2.05) is 19.9 Å². The lowest BCUT2D eigenvalue weighted by Crippen LogP contribution is -2.00. The molecular weight excluding hydrogens is 304 g/mol.